The first-order chi connectivity index (χ1) is 13.6. The first-order valence-corrected chi connectivity index (χ1v) is 10.4. The van der Waals surface area contributed by atoms with Gasteiger partial charge < -0.3 is 10.2 Å². The third-order valence-electron chi connectivity index (χ3n) is 6.92. The topological polar surface area (TPSA) is 49.4 Å². The van der Waals surface area contributed by atoms with E-state index in [1.165, 1.54) is 22.3 Å². The lowest BCUT2D eigenvalue weighted by molar-refractivity contribution is -0.136. The fraction of sp³-hybridized carbons (Fsp3) is 0.417. The van der Waals surface area contributed by atoms with Gasteiger partial charge in [-0.05, 0) is 47.4 Å². The predicted octanol–water partition coefficient (Wildman–Crippen LogP) is 3.41. The molecule has 2 amide bonds. The fourth-order valence-corrected chi connectivity index (χ4v) is 5.73. The summed E-state index contributed by atoms with van der Waals surface area (Å²) in [4.78, 5) is 26.3. The van der Waals surface area contributed by atoms with Crippen LogP contribution in [0.2, 0.25) is 0 Å². The molecule has 2 atom stereocenters. The Morgan fingerprint density at radius 3 is 2.21 bits per heavy atom. The van der Waals surface area contributed by atoms with Gasteiger partial charge in [-0.15, -0.1) is 0 Å². The summed E-state index contributed by atoms with van der Waals surface area (Å²) >= 11 is 0. The minimum Gasteiger partial charge on any atom is -0.354 e. The molecule has 2 aromatic carbocycles. The Morgan fingerprint density at radius 1 is 1.00 bits per heavy atom. The van der Waals surface area contributed by atoms with Crippen molar-refractivity contribution in [1.82, 2.24) is 10.2 Å². The van der Waals surface area contributed by atoms with Crippen LogP contribution in [-0.4, -0.2) is 35.8 Å². The molecule has 3 aliphatic carbocycles. The number of amides is 2. The van der Waals surface area contributed by atoms with Crippen molar-refractivity contribution in [3.63, 3.8) is 0 Å². The molecule has 4 heteroatoms. The van der Waals surface area contributed by atoms with E-state index in [9.17, 15) is 9.59 Å². The molecule has 2 aromatic rings. The Balaban J connectivity index is 1.38. The second kappa shape index (κ2) is 6.77. The Morgan fingerprint density at radius 2 is 1.61 bits per heavy atom. The highest BCUT2D eigenvalue weighted by molar-refractivity contribution is 5.87. The average molecular weight is 374 g/mol. The summed E-state index contributed by atoms with van der Waals surface area (Å²) in [6, 6.07) is 17.3. The number of carbonyl (C=O) groups excluding carboxylic acids is 2. The number of fused-ring (bicyclic) bond motifs is 1. The van der Waals surface area contributed by atoms with E-state index < -0.39 is 0 Å². The Kier molecular flexibility index (Phi) is 4.22. The van der Waals surface area contributed by atoms with Gasteiger partial charge in [-0.25, -0.2) is 0 Å². The molecule has 4 aliphatic rings. The number of nitrogens with one attached hydrogen (secondary N) is 1. The summed E-state index contributed by atoms with van der Waals surface area (Å²) < 4.78 is 0. The van der Waals surface area contributed by atoms with Gasteiger partial charge in [-0.1, -0.05) is 48.5 Å². The lowest BCUT2D eigenvalue weighted by Gasteiger charge is -2.45. The molecular weight excluding hydrogens is 348 g/mol. The Bertz CT molecular complexity index is 890. The van der Waals surface area contributed by atoms with E-state index in [1.807, 2.05) is 0 Å². The third-order valence-corrected chi connectivity index (χ3v) is 6.92. The van der Waals surface area contributed by atoms with Gasteiger partial charge in [-0.3, -0.25) is 9.59 Å². The molecule has 0 spiro atoms. The van der Waals surface area contributed by atoms with Gasteiger partial charge in [0.15, 0.2) is 0 Å². The highest BCUT2D eigenvalue weighted by atomic mass is 16.2. The first kappa shape index (κ1) is 17.5. The van der Waals surface area contributed by atoms with Crippen LogP contribution < -0.4 is 5.32 Å². The highest BCUT2D eigenvalue weighted by Crippen LogP contribution is 2.55. The zero-order valence-electron chi connectivity index (χ0n) is 16.2. The molecule has 1 saturated heterocycles. The fourth-order valence-electron chi connectivity index (χ4n) is 5.73. The Hall–Kier alpha value is -2.62. The lowest BCUT2D eigenvalue weighted by atomic mass is 9.59. The van der Waals surface area contributed by atoms with Crippen molar-refractivity contribution in [2.45, 2.75) is 44.1 Å². The summed E-state index contributed by atoms with van der Waals surface area (Å²) in [6.45, 7) is 2.92. The third kappa shape index (κ3) is 2.66. The van der Waals surface area contributed by atoms with Gasteiger partial charge in [0.1, 0.15) is 6.04 Å². The summed E-state index contributed by atoms with van der Waals surface area (Å²) in [5.41, 5.74) is 5.74. The Labute approximate surface area is 165 Å². The molecule has 4 nitrogen and oxygen atoms in total. The van der Waals surface area contributed by atoms with Crippen LogP contribution in [0.5, 0.6) is 0 Å². The number of hydrogen-bond donors (Lipinski definition) is 1. The SMILES string of the molecule is CC(=O)N1CCC[C@H]1C(=O)NC[C@@H]1CC2c3ccccc3C1c1ccccc12. The molecule has 0 radical (unpaired) electrons. The maximum absolute atomic E-state index is 12.8. The van der Waals surface area contributed by atoms with Crippen LogP contribution in [0.4, 0.5) is 0 Å². The molecule has 1 heterocycles. The summed E-state index contributed by atoms with van der Waals surface area (Å²) in [5, 5.41) is 3.19. The van der Waals surface area contributed by atoms with Crippen LogP contribution >= 0.6 is 0 Å². The summed E-state index contributed by atoms with van der Waals surface area (Å²) in [7, 11) is 0. The van der Waals surface area contributed by atoms with Crippen molar-refractivity contribution in [2.75, 3.05) is 13.1 Å². The standard InChI is InChI=1S/C24H26N2O2/c1-15(27)26-12-6-11-22(26)24(28)25-14-16-13-21-17-7-2-4-9-19(17)23(16)20-10-5-3-8-18(20)21/h2-5,7-10,16,21-23H,6,11-14H2,1H3,(H,25,28)/t16-,21?,22-,23?/m0/s1. The lowest BCUT2D eigenvalue weighted by Crippen LogP contribution is -2.47. The molecule has 0 saturated carbocycles. The van der Waals surface area contributed by atoms with Crippen molar-refractivity contribution in [3.05, 3.63) is 70.8 Å². The average Bonchev–Trinajstić information content (AvgIpc) is 3.23. The van der Waals surface area contributed by atoms with Crippen molar-refractivity contribution in [3.8, 4) is 0 Å². The van der Waals surface area contributed by atoms with E-state index in [4.69, 9.17) is 0 Å². The van der Waals surface area contributed by atoms with E-state index in [0.29, 0.717) is 30.8 Å². The second-order valence-electron chi connectivity index (χ2n) is 8.40. The minimum absolute atomic E-state index is 0.00257. The molecule has 1 N–H and O–H groups in total. The molecule has 1 aliphatic heterocycles. The van der Waals surface area contributed by atoms with E-state index in [1.54, 1.807) is 11.8 Å². The number of rotatable bonds is 3. The molecule has 6 rings (SSSR count). The maximum Gasteiger partial charge on any atom is 0.242 e. The van der Waals surface area contributed by atoms with Crippen molar-refractivity contribution in [2.24, 2.45) is 5.92 Å². The van der Waals surface area contributed by atoms with Crippen LogP contribution in [0.3, 0.4) is 0 Å². The van der Waals surface area contributed by atoms with E-state index >= 15 is 0 Å². The number of hydrogen-bond acceptors (Lipinski definition) is 2. The highest BCUT2D eigenvalue weighted by Gasteiger charge is 2.43. The van der Waals surface area contributed by atoms with Crippen LogP contribution in [0.15, 0.2) is 48.5 Å². The maximum atomic E-state index is 12.8. The van der Waals surface area contributed by atoms with Gasteiger partial charge in [0.2, 0.25) is 11.8 Å². The minimum atomic E-state index is -0.294. The van der Waals surface area contributed by atoms with Crippen LogP contribution in [0, 0.1) is 5.92 Å². The summed E-state index contributed by atoms with van der Waals surface area (Å²) in [5.74, 6) is 1.16. The smallest absolute Gasteiger partial charge is 0.242 e. The second-order valence-corrected chi connectivity index (χ2v) is 8.40. The van der Waals surface area contributed by atoms with Crippen molar-refractivity contribution >= 4 is 11.8 Å². The molecule has 144 valence electrons. The van der Waals surface area contributed by atoms with Crippen LogP contribution in [-0.2, 0) is 9.59 Å². The van der Waals surface area contributed by atoms with Crippen LogP contribution in [0.1, 0.15) is 60.3 Å². The van der Waals surface area contributed by atoms with Gasteiger partial charge >= 0.3 is 0 Å². The van der Waals surface area contributed by atoms with Gasteiger partial charge in [0.05, 0.1) is 0 Å². The molecular formula is C24H26N2O2. The van der Waals surface area contributed by atoms with Gasteiger partial charge in [0, 0.05) is 31.8 Å². The number of likely N-dealkylation sites (tertiary alicyclic amines) is 1. The van der Waals surface area contributed by atoms with Crippen molar-refractivity contribution < 1.29 is 9.59 Å². The number of nitrogens with zero attached hydrogens (tertiary/aromatic N) is 1. The molecule has 28 heavy (non-hydrogen) atoms. The molecule has 0 unspecified atom stereocenters. The van der Waals surface area contributed by atoms with Crippen molar-refractivity contribution in [1.29, 1.82) is 0 Å². The van der Waals surface area contributed by atoms with E-state index in [-0.39, 0.29) is 17.9 Å². The predicted molar refractivity (Wildman–Crippen MR) is 108 cm³/mol. The monoisotopic (exact) mass is 374 g/mol. The zero-order valence-corrected chi connectivity index (χ0v) is 16.2. The number of benzene rings is 2. The zero-order chi connectivity index (χ0) is 19.3. The quantitative estimate of drug-likeness (QED) is 0.895. The molecule has 1 fully saturated rings. The van der Waals surface area contributed by atoms with Gasteiger partial charge in [-0.2, -0.15) is 0 Å². The molecule has 0 aromatic heterocycles. The molecule has 2 bridgehead atoms. The first-order valence-electron chi connectivity index (χ1n) is 10.4. The van der Waals surface area contributed by atoms with Gasteiger partial charge in [0.25, 0.3) is 0 Å². The van der Waals surface area contributed by atoms with E-state index in [0.717, 1.165) is 19.3 Å². The summed E-state index contributed by atoms with van der Waals surface area (Å²) in [6.07, 6.45) is 2.75. The normalized spacial score (nSPS) is 27.2. The number of carbonyl (C=O) groups is 2. The largest absolute Gasteiger partial charge is 0.354 e. The van der Waals surface area contributed by atoms with Crippen LogP contribution in [0.25, 0.3) is 0 Å². The van der Waals surface area contributed by atoms with E-state index in [2.05, 4.69) is 53.8 Å².